The Balaban J connectivity index is 1.58. The summed E-state index contributed by atoms with van der Waals surface area (Å²) in [7, 11) is 0. The van der Waals surface area contributed by atoms with Crippen molar-refractivity contribution < 1.29 is 18.0 Å². The van der Waals surface area contributed by atoms with Crippen molar-refractivity contribution in [1.82, 2.24) is 9.55 Å². The first-order valence-corrected chi connectivity index (χ1v) is 10.1. The van der Waals surface area contributed by atoms with Gasteiger partial charge in [-0.2, -0.15) is 13.2 Å². The molecular formula is C23H21F3N4O2. The average molecular weight is 442 g/mol. The number of fused-ring (bicyclic) bond motifs is 1. The van der Waals surface area contributed by atoms with Crippen LogP contribution in [0.2, 0.25) is 0 Å². The van der Waals surface area contributed by atoms with Crippen LogP contribution in [0.3, 0.4) is 0 Å². The Kier molecular flexibility index (Phi) is 5.73. The van der Waals surface area contributed by atoms with Crippen LogP contribution in [0.4, 0.5) is 24.8 Å². The largest absolute Gasteiger partial charge is 0.416 e. The summed E-state index contributed by atoms with van der Waals surface area (Å²) in [5, 5.41) is 2.45. The van der Waals surface area contributed by atoms with Crippen molar-refractivity contribution in [1.29, 1.82) is 0 Å². The van der Waals surface area contributed by atoms with Gasteiger partial charge in [0.05, 0.1) is 5.56 Å². The molecular weight excluding hydrogens is 421 g/mol. The Morgan fingerprint density at radius 1 is 1.09 bits per heavy atom. The van der Waals surface area contributed by atoms with Crippen LogP contribution >= 0.6 is 0 Å². The van der Waals surface area contributed by atoms with E-state index in [0.717, 1.165) is 24.1 Å². The van der Waals surface area contributed by atoms with Gasteiger partial charge in [0.15, 0.2) is 0 Å². The number of anilines is 2. The fraction of sp³-hybridized carbons (Fsp3) is 0.261. The van der Waals surface area contributed by atoms with Crippen LogP contribution in [0.1, 0.15) is 22.4 Å². The van der Waals surface area contributed by atoms with E-state index >= 15 is 0 Å². The van der Waals surface area contributed by atoms with Crippen LogP contribution in [-0.2, 0) is 30.5 Å². The first-order chi connectivity index (χ1) is 15.2. The van der Waals surface area contributed by atoms with Crippen molar-refractivity contribution in [3.63, 3.8) is 0 Å². The van der Waals surface area contributed by atoms with Gasteiger partial charge in [0.25, 0.3) is 5.56 Å². The zero-order valence-corrected chi connectivity index (χ0v) is 17.3. The minimum atomic E-state index is -4.52. The Morgan fingerprint density at radius 3 is 2.59 bits per heavy atom. The molecule has 2 heterocycles. The molecule has 0 saturated carbocycles. The predicted octanol–water partition coefficient (Wildman–Crippen LogP) is 3.77. The van der Waals surface area contributed by atoms with Gasteiger partial charge in [-0.3, -0.25) is 14.2 Å². The first kappa shape index (κ1) is 21.6. The fourth-order valence-electron chi connectivity index (χ4n) is 3.78. The van der Waals surface area contributed by atoms with E-state index in [9.17, 15) is 22.8 Å². The molecule has 2 aromatic carbocycles. The Bertz CT molecular complexity index is 1220. The second-order valence-corrected chi connectivity index (χ2v) is 7.69. The molecule has 3 aromatic rings. The highest BCUT2D eigenvalue weighted by Crippen LogP contribution is 2.30. The number of nitrogens with zero attached hydrogens (tertiary/aromatic N) is 3. The SMILES string of the molecule is Cc1cc(=O)n(CC(=O)Nc2cccc(C(F)(F)F)c2)c(N2CCc3ccccc3C2)n1. The van der Waals surface area contributed by atoms with E-state index in [0.29, 0.717) is 24.7 Å². The zero-order valence-electron chi connectivity index (χ0n) is 17.3. The highest BCUT2D eigenvalue weighted by molar-refractivity contribution is 5.90. The van der Waals surface area contributed by atoms with E-state index in [2.05, 4.69) is 16.4 Å². The lowest BCUT2D eigenvalue weighted by molar-refractivity contribution is -0.137. The average Bonchev–Trinajstić information content (AvgIpc) is 2.74. The number of benzene rings is 2. The second-order valence-electron chi connectivity index (χ2n) is 7.69. The van der Waals surface area contributed by atoms with Gasteiger partial charge in [-0.05, 0) is 42.7 Å². The summed E-state index contributed by atoms with van der Waals surface area (Å²) in [4.78, 5) is 31.7. The molecule has 0 radical (unpaired) electrons. The molecule has 166 valence electrons. The topological polar surface area (TPSA) is 67.2 Å². The number of amides is 1. The molecule has 0 bridgehead atoms. The molecule has 0 unspecified atom stereocenters. The number of aryl methyl sites for hydroxylation is 1. The van der Waals surface area contributed by atoms with Crippen LogP contribution in [0.15, 0.2) is 59.4 Å². The van der Waals surface area contributed by atoms with Crippen molar-refractivity contribution >= 4 is 17.5 Å². The van der Waals surface area contributed by atoms with Gasteiger partial charge in [-0.15, -0.1) is 0 Å². The quantitative estimate of drug-likeness (QED) is 0.668. The predicted molar refractivity (Wildman–Crippen MR) is 115 cm³/mol. The van der Waals surface area contributed by atoms with Crippen molar-refractivity contribution in [2.75, 3.05) is 16.8 Å². The molecule has 4 rings (SSSR count). The number of alkyl halides is 3. The monoisotopic (exact) mass is 442 g/mol. The van der Waals surface area contributed by atoms with Crippen LogP contribution < -0.4 is 15.8 Å². The van der Waals surface area contributed by atoms with Crippen molar-refractivity contribution in [3.8, 4) is 0 Å². The van der Waals surface area contributed by atoms with Crippen LogP contribution in [0, 0.1) is 6.92 Å². The molecule has 0 saturated heterocycles. The molecule has 1 N–H and O–H groups in total. The first-order valence-electron chi connectivity index (χ1n) is 10.1. The van der Waals surface area contributed by atoms with Crippen LogP contribution in [0.5, 0.6) is 0 Å². The Morgan fingerprint density at radius 2 is 1.84 bits per heavy atom. The maximum Gasteiger partial charge on any atom is 0.416 e. The minimum absolute atomic E-state index is 0.00592. The van der Waals surface area contributed by atoms with Gasteiger partial charge >= 0.3 is 6.18 Å². The Labute approximate surface area is 182 Å². The van der Waals surface area contributed by atoms with Crippen LogP contribution in [0.25, 0.3) is 0 Å². The molecule has 0 spiro atoms. The highest BCUT2D eigenvalue weighted by atomic mass is 19.4. The minimum Gasteiger partial charge on any atom is -0.337 e. The summed E-state index contributed by atoms with van der Waals surface area (Å²) in [5.41, 5.74) is 1.62. The second kappa shape index (κ2) is 8.49. The number of aromatic nitrogens is 2. The molecule has 6 nitrogen and oxygen atoms in total. The number of carbonyl (C=O) groups excluding carboxylic acids is 1. The summed E-state index contributed by atoms with van der Waals surface area (Å²) >= 11 is 0. The molecule has 0 aliphatic carbocycles. The number of hydrogen-bond acceptors (Lipinski definition) is 4. The van der Waals surface area contributed by atoms with E-state index in [1.807, 2.05) is 23.1 Å². The normalized spacial score (nSPS) is 13.6. The summed E-state index contributed by atoms with van der Waals surface area (Å²) < 4.78 is 40.1. The molecule has 0 fully saturated rings. The third kappa shape index (κ3) is 4.66. The van der Waals surface area contributed by atoms with Gasteiger partial charge in [0.1, 0.15) is 6.54 Å². The maximum atomic E-state index is 12.9. The fourth-order valence-corrected chi connectivity index (χ4v) is 3.78. The summed E-state index contributed by atoms with van der Waals surface area (Å²) in [6, 6.07) is 13.7. The molecule has 0 atom stereocenters. The van der Waals surface area contributed by atoms with Gasteiger partial charge in [0.2, 0.25) is 11.9 Å². The van der Waals surface area contributed by atoms with E-state index in [-0.39, 0.29) is 12.2 Å². The van der Waals surface area contributed by atoms with E-state index in [4.69, 9.17) is 0 Å². The zero-order chi connectivity index (χ0) is 22.9. The van der Waals surface area contributed by atoms with Crippen molar-refractivity contribution in [2.45, 2.75) is 32.6 Å². The Hall–Kier alpha value is -3.62. The summed E-state index contributed by atoms with van der Waals surface area (Å²) in [5.74, 6) is -0.251. The molecule has 1 aliphatic rings. The van der Waals surface area contributed by atoms with Gasteiger partial charge in [-0.1, -0.05) is 30.3 Å². The molecule has 1 aliphatic heterocycles. The number of hydrogen-bond donors (Lipinski definition) is 1. The molecule has 1 aromatic heterocycles. The van der Waals surface area contributed by atoms with Gasteiger partial charge in [0, 0.05) is 30.5 Å². The van der Waals surface area contributed by atoms with E-state index < -0.39 is 23.2 Å². The molecule has 32 heavy (non-hydrogen) atoms. The van der Waals surface area contributed by atoms with E-state index in [1.54, 1.807) is 6.92 Å². The number of rotatable bonds is 4. The maximum absolute atomic E-state index is 12.9. The van der Waals surface area contributed by atoms with Crippen molar-refractivity contribution in [3.05, 3.63) is 87.3 Å². The summed E-state index contributed by atoms with van der Waals surface area (Å²) in [6.45, 7) is 2.51. The smallest absolute Gasteiger partial charge is 0.337 e. The van der Waals surface area contributed by atoms with Gasteiger partial charge < -0.3 is 10.2 Å². The lowest BCUT2D eigenvalue weighted by atomic mass is 10.0. The summed E-state index contributed by atoms with van der Waals surface area (Å²) in [6.07, 6.45) is -3.74. The lowest BCUT2D eigenvalue weighted by Gasteiger charge is -2.31. The van der Waals surface area contributed by atoms with E-state index in [1.165, 1.54) is 28.3 Å². The lowest BCUT2D eigenvalue weighted by Crippen LogP contribution is -2.38. The molecule has 1 amide bonds. The van der Waals surface area contributed by atoms with Crippen LogP contribution in [-0.4, -0.2) is 22.0 Å². The number of halogens is 3. The number of nitrogens with one attached hydrogen (secondary N) is 1. The highest BCUT2D eigenvalue weighted by Gasteiger charge is 2.30. The van der Waals surface area contributed by atoms with Crippen molar-refractivity contribution in [2.24, 2.45) is 0 Å². The standard InChI is InChI=1S/C23H21F3N4O2/c1-15-11-21(32)30(14-20(31)28-19-8-4-7-18(12-19)23(24,25)26)22(27-15)29-10-9-16-5-2-3-6-17(16)13-29/h2-8,11-12H,9-10,13-14H2,1H3,(H,28,31). The number of carbonyl (C=O) groups is 1. The molecule has 9 heteroatoms. The third-order valence-corrected chi connectivity index (χ3v) is 5.31. The third-order valence-electron chi connectivity index (χ3n) is 5.31. The van der Waals surface area contributed by atoms with Gasteiger partial charge in [-0.25, -0.2) is 4.98 Å².